The van der Waals surface area contributed by atoms with E-state index in [-0.39, 0.29) is 23.0 Å². The Morgan fingerprint density at radius 2 is 0.708 bits per heavy atom. The summed E-state index contributed by atoms with van der Waals surface area (Å²) in [6, 6.07) is 61.1. The molecule has 11 aromatic rings. The van der Waals surface area contributed by atoms with Gasteiger partial charge in [-0.1, -0.05) is 202 Å². The lowest BCUT2D eigenvalue weighted by molar-refractivity contribution is 0.105. The van der Waals surface area contributed by atoms with E-state index in [4.69, 9.17) is 13.1 Å². The van der Waals surface area contributed by atoms with Crippen molar-refractivity contribution in [1.29, 1.82) is 10.5 Å². The van der Waals surface area contributed by atoms with Gasteiger partial charge in [0.05, 0.1) is 36.1 Å². The third-order valence-electron chi connectivity index (χ3n) is 22.1. The standard InChI is InChI=1S/C94H82N4O2S6/c1-7-11-15-19-23-59-27-35-63(36-28-59)93(64-37-29-60(30-38-64)24-20-16-12-8-2)77-51-72-78(52-71(77)91-79(93)49-69(105-91)47-67-43-45-83(103-67)87-85(81(53-95)97-5)73-55-101-57-75(73)89(87)99)94(65-39-31-61(32-40-65)25-21-17-13-9-3,66-41-33-62(34-42-66)26-22-18-14-10-4)80-50-70(106-92(72)80)48-68-44-46-84(104-68)88-86(82(54-96)98-6)74-56-102-58-76(74)90(88)100/h27-52,55-58H,7-26H2,1-4H3/b67-47+,68-48+,85-81+,86-82?,87-83+,88-84+. The van der Waals surface area contributed by atoms with Gasteiger partial charge < -0.3 is 0 Å². The van der Waals surface area contributed by atoms with Crippen molar-refractivity contribution < 1.29 is 9.59 Å². The van der Waals surface area contributed by atoms with Crippen LogP contribution in [0.5, 0.6) is 0 Å². The summed E-state index contributed by atoms with van der Waals surface area (Å²) in [5.41, 5.74) is 20.1. The minimum absolute atomic E-state index is 0.0705. The van der Waals surface area contributed by atoms with Crippen LogP contribution in [0.15, 0.2) is 179 Å². The molecule has 4 aliphatic rings. The van der Waals surface area contributed by atoms with Crippen LogP contribution < -0.4 is 18.1 Å². The number of hydrogen-bond donors (Lipinski definition) is 0. The number of aryl methyl sites for hydroxylation is 4. The molecule has 0 spiro atoms. The molecule has 0 aliphatic heterocycles. The fraction of sp³-hybridized carbons (Fsp3) is 0.277. The molecule has 0 radical (unpaired) electrons. The molecule has 6 heterocycles. The molecule has 6 aromatic heterocycles. The normalized spacial score (nSPS) is 16.5. The van der Waals surface area contributed by atoms with E-state index in [0.29, 0.717) is 44.5 Å². The van der Waals surface area contributed by atoms with Gasteiger partial charge in [0.25, 0.3) is 11.4 Å². The van der Waals surface area contributed by atoms with Crippen molar-refractivity contribution in [2.75, 3.05) is 0 Å². The molecule has 0 amide bonds. The molecule has 15 rings (SSSR count). The highest BCUT2D eigenvalue weighted by atomic mass is 32.1. The van der Waals surface area contributed by atoms with Crippen LogP contribution in [-0.2, 0) is 36.5 Å². The van der Waals surface area contributed by atoms with E-state index in [1.807, 2.05) is 56.3 Å². The number of nitrogens with zero attached hydrogens (tertiary/aromatic N) is 4. The van der Waals surface area contributed by atoms with Gasteiger partial charge in [-0.05, 0) is 212 Å². The lowest BCUT2D eigenvalue weighted by Crippen LogP contribution is -2.30. The number of fused-ring (bicyclic) bond motifs is 8. The summed E-state index contributed by atoms with van der Waals surface area (Å²) in [5, 5.41) is 28.0. The summed E-state index contributed by atoms with van der Waals surface area (Å²) in [5.74, 6) is -0.298. The van der Waals surface area contributed by atoms with Gasteiger partial charge >= 0.3 is 0 Å². The molecular formula is C94H82N4O2S6. The van der Waals surface area contributed by atoms with Crippen LogP contribution in [0, 0.1) is 35.8 Å². The zero-order valence-electron chi connectivity index (χ0n) is 60.5. The SMILES string of the molecule is [C-]#[N+]C(C#N)=C1/C(=c2/cc/c(=C\c3cc4c(s3)-c3cc5c(cc3C4(c3ccc(CCCCCC)cc3)c3ccc(CCCCCC)cc3)-c3sc(/C=c4\cc/c(=C6\C(=O)c7cscc7\C6=C(\C#N)[N+]#[C-])s4)cc3C5(c3ccc(CCCCCC)cc3)c3ccc(CCCCCC)cc3)s2)C(=O)c2cscc21. The summed E-state index contributed by atoms with van der Waals surface area (Å²) < 4.78 is 3.42. The minimum atomic E-state index is -0.769. The van der Waals surface area contributed by atoms with Gasteiger partial charge in [-0.3, -0.25) is 9.59 Å². The molecule has 0 bridgehead atoms. The lowest BCUT2D eigenvalue weighted by atomic mass is 9.65. The van der Waals surface area contributed by atoms with Crippen LogP contribution in [0.3, 0.4) is 0 Å². The summed E-state index contributed by atoms with van der Waals surface area (Å²) in [6.07, 6.45) is 27.7. The highest BCUT2D eigenvalue weighted by Crippen LogP contribution is 2.65. The maximum absolute atomic E-state index is 14.3. The van der Waals surface area contributed by atoms with Crippen LogP contribution in [-0.4, -0.2) is 11.6 Å². The van der Waals surface area contributed by atoms with Gasteiger partial charge in [0, 0.05) is 81.8 Å². The van der Waals surface area contributed by atoms with Gasteiger partial charge in [-0.25, -0.2) is 20.2 Å². The Morgan fingerprint density at radius 1 is 0.387 bits per heavy atom. The lowest BCUT2D eigenvalue weighted by Gasteiger charge is -2.35. The molecular weight excluding hydrogens is 1410 g/mol. The number of nitriles is 2. The van der Waals surface area contributed by atoms with Crippen LogP contribution in [0.1, 0.15) is 239 Å². The Balaban J connectivity index is 0.988. The van der Waals surface area contributed by atoms with Gasteiger partial charge in [0.15, 0.2) is 11.6 Å². The van der Waals surface area contributed by atoms with E-state index in [9.17, 15) is 20.1 Å². The van der Waals surface area contributed by atoms with Crippen LogP contribution in [0.2, 0.25) is 0 Å². The number of carbonyl (C=O) groups is 2. The molecule has 0 saturated heterocycles. The van der Waals surface area contributed by atoms with Gasteiger partial charge in [0.1, 0.15) is 0 Å². The predicted molar refractivity (Wildman–Crippen MR) is 445 cm³/mol. The van der Waals surface area contributed by atoms with Crippen molar-refractivity contribution in [3.63, 3.8) is 0 Å². The zero-order valence-corrected chi connectivity index (χ0v) is 65.4. The van der Waals surface area contributed by atoms with E-state index >= 15 is 0 Å². The number of allylic oxidation sites excluding steroid dienone is 4. The predicted octanol–water partition coefficient (Wildman–Crippen LogP) is 23.3. The summed E-state index contributed by atoms with van der Waals surface area (Å²) in [6.45, 7) is 25.1. The molecule has 0 fully saturated rings. The second-order valence-corrected chi connectivity index (χ2v) is 34.5. The summed E-state index contributed by atoms with van der Waals surface area (Å²) in [4.78, 5) is 40.6. The molecule has 12 heteroatoms. The fourth-order valence-corrected chi connectivity index (χ4v) is 23.0. The highest BCUT2D eigenvalue weighted by Gasteiger charge is 2.53. The largest absolute Gasteiger partial charge is 0.289 e. The molecule has 6 nitrogen and oxygen atoms in total. The number of Topliss-reactive ketones (excluding diaryl/α,β-unsaturated/α-hetero) is 2. The number of unbranched alkanes of at least 4 members (excludes halogenated alkanes) is 12. The Kier molecular flexibility index (Phi) is 21.5. The molecule has 0 atom stereocenters. The molecule has 526 valence electrons. The minimum Gasteiger partial charge on any atom is -0.289 e. The third-order valence-corrected chi connectivity index (χ3v) is 27.9. The van der Waals surface area contributed by atoms with Crippen LogP contribution in [0.25, 0.3) is 65.0 Å². The van der Waals surface area contributed by atoms with E-state index in [1.54, 1.807) is 0 Å². The first-order valence-corrected chi connectivity index (χ1v) is 42.9. The number of carbonyl (C=O) groups excluding carboxylic acids is 2. The van der Waals surface area contributed by atoms with E-state index in [2.05, 4.69) is 195 Å². The second kappa shape index (κ2) is 31.6. The van der Waals surface area contributed by atoms with E-state index in [1.165, 1.54) is 210 Å². The summed E-state index contributed by atoms with van der Waals surface area (Å²) >= 11 is 9.54. The first kappa shape index (κ1) is 72.1. The zero-order chi connectivity index (χ0) is 73.1. The van der Waals surface area contributed by atoms with Crippen molar-refractivity contribution in [3.05, 3.63) is 318 Å². The van der Waals surface area contributed by atoms with E-state index in [0.717, 1.165) is 79.3 Å². The molecule has 0 saturated carbocycles. The van der Waals surface area contributed by atoms with Crippen LogP contribution in [0.4, 0.5) is 0 Å². The van der Waals surface area contributed by atoms with E-state index < -0.39 is 10.8 Å². The number of ketones is 2. The third kappa shape index (κ3) is 13.0. The molecule has 0 unspecified atom stereocenters. The first-order valence-electron chi connectivity index (χ1n) is 37.8. The number of benzene rings is 5. The molecule has 5 aromatic carbocycles. The average molecular weight is 1490 g/mol. The van der Waals surface area contributed by atoms with Gasteiger partial charge in [-0.2, -0.15) is 22.7 Å². The maximum atomic E-state index is 14.3. The van der Waals surface area contributed by atoms with Crippen molar-refractivity contribution in [2.24, 2.45) is 0 Å². The van der Waals surface area contributed by atoms with Gasteiger partial charge in [0.2, 0.25) is 0 Å². The highest BCUT2D eigenvalue weighted by molar-refractivity contribution is 7.17. The molecule has 4 aliphatic carbocycles. The second-order valence-electron chi connectivity index (χ2n) is 28.7. The monoisotopic (exact) mass is 1490 g/mol. The molecule has 0 N–H and O–H groups in total. The maximum Gasteiger partial charge on any atom is 0.270 e. The Morgan fingerprint density at radius 3 is 1.01 bits per heavy atom. The van der Waals surface area contributed by atoms with Crippen molar-refractivity contribution >= 4 is 114 Å². The Hall–Kier alpha value is -9.44. The Labute approximate surface area is 647 Å². The topological polar surface area (TPSA) is 90.4 Å². The fourth-order valence-electron chi connectivity index (χ4n) is 16.8. The average Bonchev–Trinajstić information content (AvgIpc) is 1.50. The Bertz CT molecular complexity index is 5250. The van der Waals surface area contributed by atoms with Gasteiger partial charge in [-0.15, -0.1) is 45.3 Å². The quantitative estimate of drug-likeness (QED) is 0.0307. The summed E-state index contributed by atoms with van der Waals surface area (Å²) in [7, 11) is 0. The number of hydrogen-bond acceptors (Lipinski definition) is 10. The van der Waals surface area contributed by atoms with Crippen LogP contribution >= 0.6 is 68.0 Å². The van der Waals surface area contributed by atoms with Crippen molar-refractivity contribution in [1.82, 2.24) is 0 Å². The van der Waals surface area contributed by atoms with Crippen molar-refractivity contribution in [3.8, 4) is 33.0 Å². The van der Waals surface area contributed by atoms with Crippen molar-refractivity contribution in [2.45, 2.75) is 167 Å². The first-order chi connectivity index (χ1) is 52.0. The number of rotatable bonds is 26. The molecule has 106 heavy (non-hydrogen) atoms. The smallest absolute Gasteiger partial charge is 0.270 e. The number of thiophene rings is 6.